The van der Waals surface area contributed by atoms with Crippen molar-refractivity contribution in [1.29, 1.82) is 0 Å². The fraction of sp³-hybridized carbons (Fsp3) is 0.800. The molecule has 0 spiro atoms. The van der Waals surface area contributed by atoms with Crippen molar-refractivity contribution in [1.82, 2.24) is 0 Å². The average molecular weight is 202 g/mol. The van der Waals surface area contributed by atoms with Crippen LogP contribution in [0.15, 0.2) is 0 Å². The Morgan fingerprint density at radius 1 is 1.43 bits per heavy atom. The minimum absolute atomic E-state index is 0.0818. The Morgan fingerprint density at radius 3 is 2.43 bits per heavy atom. The normalized spacial score (nSPS) is 11.2. The van der Waals surface area contributed by atoms with Crippen molar-refractivity contribution in [3.63, 3.8) is 0 Å². The molecule has 0 bridgehead atoms. The fourth-order valence-corrected chi connectivity index (χ4v) is 0.830. The lowest BCUT2D eigenvalue weighted by atomic mass is 10.1. The molecule has 14 heavy (non-hydrogen) atoms. The molecule has 0 heterocycles. The molecular formula is C10H18O4. The molecule has 4 nitrogen and oxygen atoms in total. The Bertz CT molecular complexity index is 196. The maximum Gasteiger partial charge on any atom is 0.309 e. The van der Waals surface area contributed by atoms with Gasteiger partial charge in [-0.3, -0.25) is 9.59 Å². The summed E-state index contributed by atoms with van der Waals surface area (Å²) in [6.07, 6.45) is 0.0818. The summed E-state index contributed by atoms with van der Waals surface area (Å²) in [4.78, 5) is 21.3. The maximum atomic E-state index is 11.2. The minimum atomic E-state index is -0.782. The van der Waals surface area contributed by atoms with Gasteiger partial charge in [0, 0.05) is 0 Å². The van der Waals surface area contributed by atoms with Gasteiger partial charge in [0.25, 0.3) is 6.47 Å². The molecule has 0 amide bonds. The summed E-state index contributed by atoms with van der Waals surface area (Å²) in [5.74, 6) is -0.0281. The highest BCUT2D eigenvalue weighted by Crippen LogP contribution is 2.14. The van der Waals surface area contributed by atoms with E-state index < -0.39 is 5.60 Å². The largest absolute Gasteiger partial charge is 0.465 e. The van der Waals surface area contributed by atoms with Crippen LogP contribution in [0.1, 0.15) is 34.1 Å². The predicted octanol–water partition coefficient (Wildman–Crippen LogP) is 1.53. The Kier molecular flexibility index (Phi) is 5.20. The first-order valence-electron chi connectivity index (χ1n) is 4.64. The van der Waals surface area contributed by atoms with E-state index in [4.69, 9.17) is 9.47 Å². The first-order valence-corrected chi connectivity index (χ1v) is 4.64. The second-order valence-electron chi connectivity index (χ2n) is 4.23. The van der Waals surface area contributed by atoms with Gasteiger partial charge >= 0.3 is 5.97 Å². The number of ether oxygens (including phenoxy) is 2. The quantitative estimate of drug-likeness (QED) is 0.484. The van der Waals surface area contributed by atoms with E-state index in [-0.39, 0.29) is 12.4 Å². The second-order valence-corrected chi connectivity index (χ2v) is 4.23. The highest BCUT2D eigenvalue weighted by molar-refractivity contribution is 5.70. The number of carbonyl (C=O) groups excluding carboxylic acids is 2. The molecule has 0 aliphatic rings. The molecule has 0 atom stereocenters. The van der Waals surface area contributed by atoms with Gasteiger partial charge in [-0.15, -0.1) is 0 Å². The summed E-state index contributed by atoms with van der Waals surface area (Å²) in [5.41, 5.74) is -0.782. The predicted molar refractivity (Wildman–Crippen MR) is 51.6 cm³/mol. The number of hydrogen-bond acceptors (Lipinski definition) is 4. The van der Waals surface area contributed by atoms with Gasteiger partial charge in [-0.05, 0) is 19.8 Å². The summed E-state index contributed by atoms with van der Waals surface area (Å²) in [6, 6.07) is 0. The van der Waals surface area contributed by atoms with Crippen molar-refractivity contribution in [2.45, 2.75) is 39.7 Å². The van der Waals surface area contributed by atoms with Crippen molar-refractivity contribution in [2.75, 3.05) is 6.61 Å². The molecule has 0 saturated carbocycles. The molecule has 0 radical (unpaired) electrons. The molecule has 0 N–H and O–H groups in total. The molecule has 0 saturated heterocycles. The molecule has 0 unspecified atom stereocenters. The van der Waals surface area contributed by atoms with E-state index >= 15 is 0 Å². The molecule has 0 fully saturated rings. The van der Waals surface area contributed by atoms with Crippen LogP contribution in [0.3, 0.4) is 0 Å². The lowest BCUT2D eigenvalue weighted by Gasteiger charge is -2.21. The van der Waals surface area contributed by atoms with Gasteiger partial charge in [-0.1, -0.05) is 13.8 Å². The Labute approximate surface area is 84.6 Å². The van der Waals surface area contributed by atoms with Crippen LogP contribution in [0.4, 0.5) is 0 Å². The van der Waals surface area contributed by atoms with Crippen LogP contribution >= 0.6 is 0 Å². The van der Waals surface area contributed by atoms with E-state index in [1.807, 2.05) is 13.8 Å². The molecule has 0 aromatic carbocycles. The second kappa shape index (κ2) is 5.62. The fourth-order valence-electron chi connectivity index (χ4n) is 0.830. The number of hydrogen-bond donors (Lipinski definition) is 0. The van der Waals surface area contributed by atoms with E-state index in [0.717, 1.165) is 0 Å². The van der Waals surface area contributed by atoms with Gasteiger partial charge in [-0.2, -0.15) is 0 Å². The molecule has 0 rings (SSSR count). The summed E-state index contributed by atoms with van der Waals surface area (Å²) < 4.78 is 9.68. The molecule has 0 aromatic rings. The Balaban J connectivity index is 3.86. The monoisotopic (exact) mass is 202 g/mol. The van der Waals surface area contributed by atoms with E-state index in [1.165, 1.54) is 0 Å². The van der Waals surface area contributed by atoms with E-state index in [2.05, 4.69) is 0 Å². The molecule has 0 aliphatic carbocycles. The highest BCUT2D eigenvalue weighted by Gasteiger charge is 2.24. The van der Waals surface area contributed by atoms with Crippen molar-refractivity contribution in [2.24, 2.45) is 5.92 Å². The third kappa shape index (κ3) is 6.46. The van der Waals surface area contributed by atoms with Crippen molar-refractivity contribution in [3.8, 4) is 0 Å². The van der Waals surface area contributed by atoms with E-state index in [0.29, 0.717) is 19.0 Å². The zero-order valence-corrected chi connectivity index (χ0v) is 9.20. The van der Waals surface area contributed by atoms with Gasteiger partial charge in [0.05, 0.1) is 13.0 Å². The smallest absolute Gasteiger partial charge is 0.309 e. The first kappa shape index (κ1) is 12.9. The maximum absolute atomic E-state index is 11.2. The van der Waals surface area contributed by atoms with Crippen LogP contribution < -0.4 is 0 Å². The van der Waals surface area contributed by atoms with Gasteiger partial charge in [0.1, 0.15) is 5.60 Å². The van der Waals surface area contributed by atoms with Gasteiger partial charge in [-0.25, -0.2) is 0 Å². The zero-order valence-electron chi connectivity index (χ0n) is 9.20. The van der Waals surface area contributed by atoms with Crippen molar-refractivity contribution in [3.05, 3.63) is 0 Å². The summed E-state index contributed by atoms with van der Waals surface area (Å²) in [7, 11) is 0. The Hall–Kier alpha value is -1.06. The summed E-state index contributed by atoms with van der Waals surface area (Å²) >= 11 is 0. The van der Waals surface area contributed by atoms with Crippen LogP contribution in [-0.2, 0) is 19.1 Å². The van der Waals surface area contributed by atoms with Crippen LogP contribution in [0.2, 0.25) is 0 Å². The molecule has 0 aliphatic heterocycles. The summed E-state index contributed by atoms with van der Waals surface area (Å²) in [5, 5.41) is 0. The topological polar surface area (TPSA) is 52.6 Å². The first-order chi connectivity index (χ1) is 6.37. The van der Waals surface area contributed by atoms with Crippen molar-refractivity contribution < 1.29 is 19.1 Å². The molecule has 0 aromatic heterocycles. The van der Waals surface area contributed by atoms with Crippen LogP contribution in [-0.4, -0.2) is 24.6 Å². The zero-order chi connectivity index (χ0) is 11.2. The number of esters is 1. The van der Waals surface area contributed by atoms with Crippen molar-refractivity contribution >= 4 is 12.4 Å². The third-order valence-corrected chi connectivity index (χ3v) is 1.51. The average Bonchev–Trinajstić information content (AvgIpc) is 1.99. The SMILES string of the molecule is CC(C)COC(=O)CC(C)(C)OC=O. The van der Waals surface area contributed by atoms with Crippen LogP contribution in [0.5, 0.6) is 0 Å². The molecule has 82 valence electrons. The van der Waals surface area contributed by atoms with Gasteiger partial charge in [0.15, 0.2) is 0 Å². The lowest BCUT2D eigenvalue weighted by Crippen LogP contribution is -2.29. The van der Waals surface area contributed by atoms with Gasteiger partial charge in [0.2, 0.25) is 0 Å². The van der Waals surface area contributed by atoms with Gasteiger partial charge < -0.3 is 9.47 Å². The van der Waals surface area contributed by atoms with E-state index in [9.17, 15) is 9.59 Å². The van der Waals surface area contributed by atoms with E-state index in [1.54, 1.807) is 13.8 Å². The number of carbonyl (C=O) groups is 2. The summed E-state index contributed by atoms with van der Waals surface area (Å²) in [6.45, 7) is 7.99. The lowest BCUT2D eigenvalue weighted by molar-refractivity contribution is -0.154. The standard InChI is InChI=1S/C10H18O4/c1-8(2)6-13-9(12)5-10(3,4)14-7-11/h7-8H,5-6H2,1-4H3. The molecular weight excluding hydrogens is 184 g/mol. The highest BCUT2D eigenvalue weighted by atomic mass is 16.6. The Morgan fingerprint density at radius 2 is 2.00 bits per heavy atom. The van der Waals surface area contributed by atoms with Crippen LogP contribution in [0.25, 0.3) is 0 Å². The van der Waals surface area contributed by atoms with Crippen LogP contribution in [0, 0.1) is 5.92 Å². The number of rotatable bonds is 6. The molecule has 4 heteroatoms. The third-order valence-electron chi connectivity index (χ3n) is 1.51. The minimum Gasteiger partial charge on any atom is -0.465 e.